The molecule has 0 radical (unpaired) electrons. The number of methoxy groups -OCH3 is 1. The van der Waals surface area contributed by atoms with E-state index in [9.17, 15) is 19.5 Å². The number of amides is 1. The van der Waals surface area contributed by atoms with Crippen molar-refractivity contribution >= 4 is 23.4 Å². The van der Waals surface area contributed by atoms with Crippen molar-refractivity contribution in [3.63, 3.8) is 0 Å². The molecule has 8 heteroatoms. The Balaban J connectivity index is 2.11. The Morgan fingerprint density at radius 1 is 1.11 bits per heavy atom. The third-order valence-corrected chi connectivity index (χ3v) is 6.76. The van der Waals surface area contributed by atoms with Crippen LogP contribution in [0, 0.1) is 20.8 Å². The number of nitrogens with zero attached hydrogens (tertiary/aromatic N) is 2. The van der Waals surface area contributed by atoms with Crippen LogP contribution in [0.4, 0.5) is 0 Å². The van der Waals surface area contributed by atoms with Gasteiger partial charge in [-0.3, -0.25) is 9.59 Å². The normalized spacial score (nSPS) is 17.5. The molecule has 0 bridgehead atoms. The maximum atomic E-state index is 13.3. The van der Waals surface area contributed by atoms with Crippen LogP contribution in [0.15, 0.2) is 29.8 Å². The van der Waals surface area contributed by atoms with Gasteiger partial charge >= 0.3 is 5.97 Å². The summed E-state index contributed by atoms with van der Waals surface area (Å²) < 4.78 is 4.83. The fraction of sp³-hybridized carbons (Fsp3) is 0.444. The number of nitrogens with one attached hydrogen (secondary N) is 1. The Morgan fingerprint density at radius 2 is 1.74 bits per heavy atom. The van der Waals surface area contributed by atoms with Crippen LogP contribution >= 0.6 is 0 Å². The topological polar surface area (TPSA) is 103 Å². The van der Waals surface area contributed by atoms with Gasteiger partial charge in [0.15, 0.2) is 0 Å². The zero-order valence-electron chi connectivity index (χ0n) is 21.4. The van der Waals surface area contributed by atoms with Crippen molar-refractivity contribution in [3.05, 3.63) is 63.5 Å². The average Bonchev–Trinajstić information content (AvgIpc) is 3.28. The first kappa shape index (κ1) is 26.2. The number of benzene rings is 1. The van der Waals surface area contributed by atoms with E-state index in [1.165, 1.54) is 7.11 Å². The van der Waals surface area contributed by atoms with Crippen molar-refractivity contribution in [1.29, 1.82) is 0 Å². The SMILES string of the molecule is CCN(CC)CCCN1C(=O)C(=O)C(=C(O)c2c(C)[nH]c(C(=O)OC)c2C)[C@H]1c1ccc(C)cc1. The highest BCUT2D eigenvalue weighted by atomic mass is 16.5. The summed E-state index contributed by atoms with van der Waals surface area (Å²) in [5, 5.41) is 11.4. The number of aliphatic hydroxyl groups is 1. The number of ether oxygens (including phenoxy) is 1. The molecule has 1 atom stereocenters. The summed E-state index contributed by atoms with van der Waals surface area (Å²) >= 11 is 0. The molecule has 1 fully saturated rings. The number of aromatic nitrogens is 1. The first-order valence-electron chi connectivity index (χ1n) is 12.0. The average molecular weight is 482 g/mol. The van der Waals surface area contributed by atoms with Gasteiger partial charge in [0.2, 0.25) is 0 Å². The van der Waals surface area contributed by atoms with Crippen LogP contribution in [-0.4, -0.2) is 70.8 Å². The molecular formula is C27H35N3O5. The van der Waals surface area contributed by atoms with E-state index in [1.807, 2.05) is 31.2 Å². The van der Waals surface area contributed by atoms with E-state index in [4.69, 9.17) is 4.74 Å². The molecule has 1 amide bonds. The van der Waals surface area contributed by atoms with Crippen LogP contribution in [0.2, 0.25) is 0 Å². The number of carbonyl (C=O) groups excluding carboxylic acids is 3. The molecule has 188 valence electrons. The number of H-pyrrole nitrogens is 1. The summed E-state index contributed by atoms with van der Waals surface area (Å²) in [4.78, 5) is 45.4. The van der Waals surface area contributed by atoms with Crippen LogP contribution in [-0.2, 0) is 14.3 Å². The zero-order chi connectivity index (χ0) is 25.9. The van der Waals surface area contributed by atoms with Gasteiger partial charge < -0.3 is 24.6 Å². The van der Waals surface area contributed by atoms with Crippen molar-refractivity contribution < 1.29 is 24.2 Å². The Morgan fingerprint density at radius 3 is 2.31 bits per heavy atom. The summed E-state index contributed by atoms with van der Waals surface area (Å²) in [6.07, 6.45) is 0.700. The molecule has 0 unspecified atom stereocenters. The van der Waals surface area contributed by atoms with Gasteiger partial charge in [0.1, 0.15) is 11.5 Å². The van der Waals surface area contributed by atoms with Crippen molar-refractivity contribution in [2.24, 2.45) is 0 Å². The second-order valence-electron chi connectivity index (χ2n) is 8.90. The van der Waals surface area contributed by atoms with Crippen molar-refractivity contribution in [2.45, 2.75) is 47.1 Å². The minimum absolute atomic E-state index is 0.0308. The molecule has 1 aliphatic heterocycles. The van der Waals surface area contributed by atoms with Gasteiger partial charge in [-0.15, -0.1) is 0 Å². The molecule has 3 rings (SSSR count). The lowest BCUT2D eigenvalue weighted by Gasteiger charge is -2.27. The standard InChI is InChI=1S/C27H35N3O5/c1-7-29(8-2)14-9-15-30-23(19-12-10-16(3)11-13-19)21(25(32)26(30)33)24(31)20-17(4)22(27(34)35-6)28-18(20)5/h10-13,23,28,31H,7-9,14-15H2,1-6H3/t23-/m1/s1. The molecule has 1 aromatic heterocycles. The fourth-order valence-corrected chi connectivity index (χ4v) is 4.76. The molecule has 2 heterocycles. The number of rotatable bonds is 9. The Bertz CT molecular complexity index is 1140. The lowest BCUT2D eigenvalue weighted by molar-refractivity contribution is -0.140. The number of carbonyl (C=O) groups is 3. The number of aryl methyl sites for hydroxylation is 2. The van der Waals surface area contributed by atoms with E-state index >= 15 is 0 Å². The molecule has 0 aliphatic carbocycles. The van der Waals surface area contributed by atoms with Gasteiger partial charge in [-0.2, -0.15) is 0 Å². The molecule has 1 aromatic carbocycles. The molecule has 0 saturated carbocycles. The van der Waals surface area contributed by atoms with E-state index in [1.54, 1.807) is 18.7 Å². The molecular weight excluding hydrogens is 446 g/mol. The maximum Gasteiger partial charge on any atom is 0.354 e. The molecule has 2 aromatic rings. The highest BCUT2D eigenvalue weighted by Gasteiger charge is 2.46. The number of hydrogen-bond donors (Lipinski definition) is 2. The number of ketones is 1. The predicted octanol–water partition coefficient (Wildman–Crippen LogP) is 3.88. The lowest BCUT2D eigenvalue weighted by Crippen LogP contribution is -2.33. The van der Waals surface area contributed by atoms with Crippen molar-refractivity contribution in [2.75, 3.05) is 33.3 Å². The number of esters is 1. The Hall–Kier alpha value is -3.39. The van der Waals surface area contributed by atoms with Crippen LogP contribution in [0.5, 0.6) is 0 Å². The van der Waals surface area contributed by atoms with Gasteiger partial charge in [-0.25, -0.2) is 4.79 Å². The smallest absolute Gasteiger partial charge is 0.354 e. The maximum absolute atomic E-state index is 13.3. The van der Waals surface area contributed by atoms with E-state index < -0.39 is 23.7 Å². The minimum atomic E-state index is -0.726. The summed E-state index contributed by atoms with van der Waals surface area (Å²) in [7, 11) is 1.28. The molecule has 1 saturated heterocycles. The highest BCUT2D eigenvalue weighted by molar-refractivity contribution is 6.46. The Labute approximate surface area is 206 Å². The highest BCUT2D eigenvalue weighted by Crippen LogP contribution is 2.41. The number of aliphatic hydroxyl groups excluding tert-OH is 1. The van der Waals surface area contributed by atoms with Crippen molar-refractivity contribution in [1.82, 2.24) is 14.8 Å². The van der Waals surface area contributed by atoms with Crippen LogP contribution in [0.3, 0.4) is 0 Å². The van der Waals surface area contributed by atoms with E-state index in [0.717, 1.165) is 30.8 Å². The molecule has 35 heavy (non-hydrogen) atoms. The molecule has 2 N–H and O–H groups in total. The molecule has 0 spiro atoms. The van der Waals surface area contributed by atoms with Crippen molar-refractivity contribution in [3.8, 4) is 0 Å². The number of aromatic amines is 1. The van der Waals surface area contributed by atoms with Gasteiger partial charge in [0.05, 0.1) is 18.7 Å². The first-order valence-corrected chi connectivity index (χ1v) is 12.0. The van der Waals surface area contributed by atoms with Gasteiger partial charge in [0, 0.05) is 17.8 Å². The summed E-state index contributed by atoms with van der Waals surface area (Å²) in [5.74, 6) is -2.22. The third kappa shape index (κ3) is 5.03. The first-order chi connectivity index (χ1) is 16.7. The molecule has 1 aliphatic rings. The van der Waals surface area contributed by atoms with Crippen LogP contribution < -0.4 is 0 Å². The largest absolute Gasteiger partial charge is 0.507 e. The number of hydrogen-bond acceptors (Lipinski definition) is 6. The minimum Gasteiger partial charge on any atom is -0.507 e. The Kier molecular flexibility index (Phi) is 8.17. The van der Waals surface area contributed by atoms with E-state index in [-0.39, 0.29) is 17.0 Å². The predicted molar refractivity (Wildman–Crippen MR) is 134 cm³/mol. The monoisotopic (exact) mass is 481 g/mol. The van der Waals surface area contributed by atoms with E-state index in [2.05, 4.69) is 23.7 Å². The molecule has 8 nitrogen and oxygen atoms in total. The van der Waals surface area contributed by atoms with Gasteiger partial charge in [0.25, 0.3) is 11.7 Å². The van der Waals surface area contributed by atoms with E-state index in [0.29, 0.717) is 29.8 Å². The second kappa shape index (κ2) is 10.9. The fourth-order valence-electron chi connectivity index (χ4n) is 4.76. The number of Topliss-reactive ketones (excluding diaryl/α,β-unsaturated/α-hetero) is 1. The summed E-state index contributed by atoms with van der Waals surface area (Å²) in [6.45, 7) is 12.5. The van der Waals surface area contributed by atoms with Crippen LogP contribution in [0.25, 0.3) is 5.76 Å². The van der Waals surface area contributed by atoms with Gasteiger partial charge in [-0.1, -0.05) is 43.7 Å². The lowest BCUT2D eigenvalue weighted by atomic mass is 9.93. The second-order valence-corrected chi connectivity index (χ2v) is 8.90. The summed E-state index contributed by atoms with van der Waals surface area (Å²) in [6, 6.07) is 6.89. The van der Waals surface area contributed by atoms with Crippen LogP contribution in [0.1, 0.15) is 64.7 Å². The summed E-state index contributed by atoms with van der Waals surface area (Å²) in [5.41, 5.74) is 3.34. The quantitative estimate of drug-likeness (QED) is 0.244. The number of likely N-dealkylation sites (tertiary alicyclic amines) is 1. The zero-order valence-corrected chi connectivity index (χ0v) is 21.4. The van der Waals surface area contributed by atoms with Gasteiger partial charge in [-0.05, 0) is 58.0 Å². The third-order valence-electron chi connectivity index (χ3n) is 6.76.